The molecule has 0 unspecified atom stereocenters. The van der Waals surface area contributed by atoms with Crippen molar-refractivity contribution in [1.29, 1.82) is 0 Å². The molecule has 0 bridgehead atoms. The number of carbonyl (C=O) groups excluding carboxylic acids is 2. The molecule has 0 N–H and O–H groups in total. The van der Waals surface area contributed by atoms with E-state index in [1.807, 2.05) is 20.8 Å². The molecule has 0 aromatic carbocycles. The number of hydrogen-bond acceptors (Lipinski definition) is 4. The maximum absolute atomic E-state index is 11.9. The predicted octanol–water partition coefficient (Wildman–Crippen LogP) is 2.92. The van der Waals surface area contributed by atoms with E-state index in [1.54, 1.807) is 9.58 Å². The van der Waals surface area contributed by atoms with Gasteiger partial charge in [0.2, 0.25) is 0 Å². The van der Waals surface area contributed by atoms with Gasteiger partial charge in [0.1, 0.15) is 11.3 Å². The Bertz CT molecular complexity index is 606. The molecule has 2 heterocycles. The summed E-state index contributed by atoms with van der Waals surface area (Å²) in [6.07, 6.45) is 3.81. The number of aromatic nitrogens is 2. The van der Waals surface area contributed by atoms with Crippen LogP contribution in [0.1, 0.15) is 50.1 Å². The molecule has 120 valence electrons. The lowest BCUT2D eigenvalue weighted by Crippen LogP contribution is -2.64. The fourth-order valence-electron chi connectivity index (χ4n) is 3.34. The van der Waals surface area contributed by atoms with Crippen molar-refractivity contribution < 1.29 is 14.3 Å². The average molecular weight is 326 g/mol. The van der Waals surface area contributed by atoms with Crippen molar-refractivity contribution in [3.05, 3.63) is 16.9 Å². The van der Waals surface area contributed by atoms with Gasteiger partial charge in [0, 0.05) is 18.5 Å². The van der Waals surface area contributed by atoms with Crippen molar-refractivity contribution in [2.24, 2.45) is 5.41 Å². The van der Waals surface area contributed by atoms with Gasteiger partial charge in [-0.3, -0.25) is 9.48 Å². The second-order valence-corrected chi connectivity index (χ2v) is 7.75. The van der Waals surface area contributed by atoms with Gasteiger partial charge < -0.3 is 9.64 Å². The lowest BCUT2D eigenvalue weighted by atomic mass is 9.61. The van der Waals surface area contributed by atoms with Crippen molar-refractivity contribution in [2.75, 3.05) is 13.1 Å². The summed E-state index contributed by atoms with van der Waals surface area (Å²) < 4.78 is 7.07. The molecule has 1 spiro atoms. The molecule has 2 fully saturated rings. The second-order valence-electron chi connectivity index (χ2n) is 7.34. The monoisotopic (exact) mass is 325 g/mol. The van der Waals surface area contributed by atoms with E-state index in [2.05, 4.69) is 5.10 Å². The molecule has 2 aliphatic rings. The normalized spacial score (nSPS) is 20.5. The van der Waals surface area contributed by atoms with E-state index in [0.29, 0.717) is 23.8 Å². The number of nitrogens with zero attached hydrogens (tertiary/aromatic N) is 3. The Labute approximate surface area is 134 Å². The molecule has 3 rings (SSSR count). The van der Waals surface area contributed by atoms with Crippen LogP contribution in [0.5, 0.6) is 0 Å². The summed E-state index contributed by atoms with van der Waals surface area (Å²) in [5, 5.41) is 4.57. The lowest BCUT2D eigenvalue weighted by molar-refractivity contribution is -0.0929. The molecule has 7 heteroatoms. The van der Waals surface area contributed by atoms with E-state index in [4.69, 9.17) is 16.3 Å². The number of halogens is 1. The van der Waals surface area contributed by atoms with Gasteiger partial charge in [-0.1, -0.05) is 11.6 Å². The van der Waals surface area contributed by atoms with Gasteiger partial charge in [0.15, 0.2) is 6.29 Å². The summed E-state index contributed by atoms with van der Waals surface area (Å²) in [5.41, 5.74) is 0.122. The predicted molar refractivity (Wildman–Crippen MR) is 81.1 cm³/mol. The van der Waals surface area contributed by atoms with Crippen LogP contribution >= 0.6 is 11.6 Å². The topological polar surface area (TPSA) is 64.4 Å². The summed E-state index contributed by atoms with van der Waals surface area (Å²) >= 11 is 5.93. The Morgan fingerprint density at radius 2 is 2.09 bits per heavy atom. The number of carbonyl (C=O) groups is 2. The highest BCUT2D eigenvalue weighted by Crippen LogP contribution is 2.54. The maximum atomic E-state index is 11.9. The van der Waals surface area contributed by atoms with Gasteiger partial charge in [0.05, 0.1) is 17.3 Å². The highest BCUT2D eigenvalue weighted by atomic mass is 35.5. The first kappa shape index (κ1) is 15.3. The molecule has 0 radical (unpaired) electrons. The highest BCUT2D eigenvalue weighted by molar-refractivity contribution is 6.32. The molecule has 1 aliphatic heterocycles. The molecule has 6 nitrogen and oxygen atoms in total. The standard InChI is InChI=1S/C15H20ClN3O3/c1-14(2,3)22-13(21)18-8-15(9-18)4-10(5-15)19-12(7-20)11(16)6-17-19/h6-7,10H,4-5,8-9H2,1-3H3. The third-order valence-corrected chi connectivity index (χ3v) is 4.58. The van der Waals surface area contributed by atoms with E-state index < -0.39 is 5.60 Å². The molecule has 1 aliphatic carbocycles. The Morgan fingerprint density at radius 1 is 1.45 bits per heavy atom. The summed E-state index contributed by atoms with van der Waals surface area (Å²) in [6, 6.07) is 0.188. The lowest BCUT2D eigenvalue weighted by Gasteiger charge is -2.58. The zero-order valence-corrected chi connectivity index (χ0v) is 13.8. The number of likely N-dealkylation sites (tertiary alicyclic amines) is 1. The van der Waals surface area contributed by atoms with E-state index in [9.17, 15) is 9.59 Å². The Morgan fingerprint density at radius 3 is 2.64 bits per heavy atom. The number of hydrogen-bond donors (Lipinski definition) is 0. The smallest absolute Gasteiger partial charge is 0.410 e. The van der Waals surface area contributed by atoms with E-state index >= 15 is 0 Å². The van der Waals surface area contributed by atoms with Gasteiger partial charge in [-0.15, -0.1) is 0 Å². The van der Waals surface area contributed by atoms with Crippen LogP contribution in [0.15, 0.2) is 6.20 Å². The van der Waals surface area contributed by atoms with Crippen LogP contribution < -0.4 is 0 Å². The van der Waals surface area contributed by atoms with Crippen LogP contribution in [0.25, 0.3) is 0 Å². The molecule has 1 saturated heterocycles. The van der Waals surface area contributed by atoms with E-state index in [-0.39, 0.29) is 17.6 Å². The van der Waals surface area contributed by atoms with Gasteiger partial charge in [0.25, 0.3) is 0 Å². The molecular formula is C15H20ClN3O3. The van der Waals surface area contributed by atoms with Crippen molar-refractivity contribution in [3.8, 4) is 0 Å². The first-order chi connectivity index (χ1) is 10.2. The number of aldehydes is 1. The molecule has 22 heavy (non-hydrogen) atoms. The van der Waals surface area contributed by atoms with E-state index in [0.717, 1.165) is 19.1 Å². The van der Waals surface area contributed by atoms with Crippen molar-refractivity contribution in [2.45, 2.75) is 45.3 Å². The van der Waals surface area contributed by atoms with Crippen molar-refractivity contribution in [1.82, 2.24) is 14.7 Å². The second kappa shape index (κ2) is 4.98. The molecule has 1 amide bonds. The van der Waals surface area contributed by atoms with Gasteiger partial charge in [-0.2, -0.15) is 5.10 Å². The van der Waals surface area contributed by atoms with Crippen LogP contribution in [0, 0.1) is 5.41 Å². The fourth-order valence-corrected chi connectivity index (χ4v) is 3.52. The largest absolute Gasteiger partial charge is 0.444 e. The molecule has 1 aromatic heterocycles. The summed E-state index contributed by atoms with van der Waals surface area (Å²) in [7, 11) is 0. The van der Waals surface area contributed by atoms with Crippen LogP contribution in [0.3, 0.4) is 0 Å². The zero-order valence-electron chi connectivity index (χ0n) is 13.0. The maximum Gasteiger partial charge on any atom is 0.410 e. The minimum Gasteiger partial charge on any atom is -0.444 e. The Balaban J connectivity index is 1.55. The van der Waals surface area contributed by atoms with E-state index in [1.165, 1.54) is 6.20 Å². The summed E-state index contributed by atoms with van der Waals surface area (Å²) in [6.45, 7) is 7.01. The quantitative estimate of drug-likeness (QED) is 0.784. The van der Waals surface area contributed by atoms with Gasteiger partial charge in [-0.05, 0) is 33.6 Å². The average Bonchev–Trinajstić information content (AvgIpc) is 2.64. The van der Waals surface area contributed by atoms with Crippen molar-refractivity contribution in [3.63, 3.8) is 0 Å². The number of rotatable bonds is 2. The third-order valence-electron chi connectivity index (χ3n) is 4.29. The first-order valence-electron chi connectivity index (χ1n) is 7.39. The molecule has 0 atom stereocenters. The molecule has 1 saturated carbocycles. The molecular weight excluding hydrogens is 306 g/mol. The van der Waals surface area contributed by atoms with Gasteiger partial charge >= 0.3 is 6.09 Å². The Kier molecular flexibility index (Phi) is 3.47. The number of ether oxygens (including phenoxy) is 1. The van der Waals surface area contributed by atoms with Crippen LogP contribution in [-0.2, 0) is 4.74 Å². The first-order valence-corrected chi connectivity index (χ1v) is 7.77. The summed E-state index contributed by atoms with van der Waals surface area (Å²) in [5.74, 6) is 0. The fraction of sp³-hybridized carbons (Fsp3) is 0.667. The van der Waals surface area contributed by atoms with Crippen molar-refractivity contribution >= 4 is 24.0 Å². The minimum absolute atomic E-state index is 0.153. The SMILES string of the molecule is CC(C)(C)OC(=O)N1CC2(CC(n3ncc(Cl)c3C=O)C2)C1. The van der Waals surface area contributed by atoms with Crippen LogP contribution in [0.2, 0.25) is 5.02 Å². The van der Waals surface area contributed by atoms with Crippen LogP contribution in [-0.4, -0.2) is 45.8 Å². The van der Waals surface area contributed by atoms with Gasteiger partial charge in [-0.25, -0.2) is 4.79 Å². The van der Waals surface area contributed by atoms with Crippen LogP contribution in [0.4, 0.5) is 4.79 Å². The highest BCUT2D eigenvalue weighted by Gasteiger charge is 2.55. The minimum atomic E-state index is -0.466. The number of amides is 1. The Hall–Kier alpha value is -1.56. The summed E-state index contributed by atoms with van der Waals surface area (Å²) in [4.78, 5) is 24.7. The molecule has 1 aromatic rings. The zero-order chi connectivity index (χ0) is 16.1. The third kappa shape index (κ3) is 2.60.